The Hall–Kier alpha value is -1.11. The minimum atomic E-state index is -3.70. The van der Waals surface area contributed by atoms with Gasteiger partial charge in [-0.25, -0.2) is 8.42 Å². The molecule has 0 aromatic heterocycles. The molecule has 0 bridgehead atoms. The predicted molar refractivity (Wildman–Crippen MR) is 70.1 cm³/mol. The highest BCUT2D eigenvalue weighted by molar-refractivity contribution is 7.89. The van der Waals surface area contributed by atoms with Gasteiger partial charge in [0.15, 0.2) is 0 Å². The average Bonchev–Trinajstić information content (AvgIpc) is 2.32. The van der Waals surface area contributed by atoms with Crippen LogP contribution in [0.3, 0.4) is 0 Å². The molecule has 0 spiro atoms. The zero-order chi connectivity index (χ0) is 13.9. The zero-order valence-corrected chi connectivity index (χ0v) is 12.0. The summed E-state index contributed by atoms with van der Waals surface area (Å²) < 4.78 is 25.2. The Balaban J connectivity index is 3.05. The number of benzene rings is 1. The van der Waals surface area contributed by atoms with E-state index in [1.807, 2.05) is 0 Å². The molecule has 0 aliphatic carbocycles. The lowest BCUT2D eigenvalue weighted by molar-refractivity contribution is -0.120. The number of nitrogens with zero attached hydrogens (tertiary/aromatic N) is 1. The third-order valence-electron chi connectivity index (χ3n) is 2.50. The quantitative estimate of drug-likeness (QED) is 0.900. The number of aryl methyl sites for hydroxylation is 1. The molecule has 0 saturated carbocycles. The van der Waals surface area contributed by atoms with Crippen LogP contribution in [-0.2, 0) is 14.8 Å². The molecule has 1 aromatic carbocycles. The maximum Gasteiger partial charge on any atom is 0.243 e. The van der Waals surface area contributed by atoms with Crippen LogP contribution < -0.4 is 5.32 Å². The first-order chi connectivity index (χ1) is 8.28. The Morgan fingerprint density at radius 1 is 1.44 bits per heavy atom. The predicted octanol–water partition coefficient (Wildman–Crippen LogP) is 1.01. The summed E-state index contributed by atoms with van der Waals surface area (Å²) in [6.45, 7) is 1.55. The summed E-state index contributed by atoms with van der Waals surface area (Å²) in [4.78, 5) is 11.3. The van der Waals surface area contributed by atoms with Crippen LogP contribution in [0.4, 0.5) is 0 Å². The molecule has 0 heterocycles. The Morgan fingerprint density at radius 3 is 2.56 bits per heavy atom. The van der Waals surface area contributed by atoms with Crippen LogP contribution >= 0.6 is 11.6 Å². The Morgan fingerprint density at radius 2 is 2.06 bits per heavy atom. The van der Waals surface area contributed by atoms with E-state index in [9.17, 15) is 13.2 Å². The maximum atomic E-state index is 12.1. The molecule has 18 heavy (non-hydrogen) atoms. The largest absolute Gasteiger partial charge is 0.358 e. The monoisotopic (exact) mass is 290 g/mol. The number of hydrogen-bond donors (Lipinski definition) is 1. The number of halogens is 1. The number of sulfonamides is 1. The SMILES string of the molecule is CNC(=O)CN(C)S(=O)(=O)c1ccc(C)c(Cl)c1. The number of carbonyl (C=O) groups excluding carboxylic acids is 1. The van der Waals surface area contributed by atoms with Gasteiger partial charge in [-0.05, 0) is 24.6 Å². The number of carbonyl (C=O) groups is 1. The second-order valence-corrected chi connectivity index (χ2v) is 6.30. The maximum absolute atomic E-state index is 12.1. The zero-order valence-electron chi connectivity index (χ0n) is 10.4. The van der Waals surface area contributed by atoms with Gasteiger partial charge in [-0.1, -0.05) is 17.7 Å². The number of nitrogens with one attached hydrogen (secondary N) is 1. The lowest BCUT2D eigenvalue weighted by Gasteiger charge is -2.16. The topological polar surface area (TPSA) is 66.5 Å². The fraction of sp³-hybridized carbons (Fsp3) is 0.364. The Kier molecular flexibility index (Phi) is 4.72. The Bertz CT molecular complexity index is 557. The van der Waals surface area contributed by atoms with Gasteiger partial charge in [-0.2, -0.15) is 4.31 Å². The van der Waals surface area contributed by atoms with E-state index in [0.29, 0.717) is 5.02 Å². The minimum absolute atomic E-state index is 0.0736. The molecule has 0 saturated heterocycles. The minimum Gasteiger partial charge on any atom is -0.358 e. The van der Waals surface area contributed by atoms with E-state index in [1.54, 1.807) is 13.0 Å². The lowest BCUT2D eigenvalue weighted by atomic mass is 10.2. The van der Waals surface area contributed by atoms with Gasteiger partial charge in [0.2, 0.25) is 15.9 Å². The van der Waals surface area contributed by atoms with E-state index < -0.39 is 10.0 Å². The van der Waals surface area contributed by atoms with Crippen LogP contribution in [0.1, 0.15) is 5.56 Å². The Labute approximate surface area is 112 Å². The molecule has 1 amide bonds. The molecular weight excluding hydrogens is 276 g/mol. The first-order valence-corrected chi connectivity index (χ1v) is 7.04. The number of hydrogen-bond acceptors (Lipinski definition) is 3. The molecule has 0 fully saturated rings. The normalized spacial score (nSPS) is 11.6. The van der Waals surface area contributed by atoms with Crippen molar-refractivity contribution < 1.29 is 13.2 Å². The van der Waals surface area contributed by atoms with Gasteiger partial charge in [-0.3, -0.25) is 4.79 Å². The fourth-order valence-electron chi connectivity index (χ4n) is 1.28. The second kappa shape index (κ2) is 5.69. The molecule has 1 aromatic rings. The molecule has 0 unspecified atom stereocenters. The van der Waals surface area contributed by atoms with E-state index in [2.05, 4.69) is 5.32 Å². The summed E-state index contributed by atoms with van der Waals surface area (Å²) in [5, 5.41) is 2.75. The first-order valence-electron chi connectivity index (χ1n) is 5.22. The third kappa shape index (κ3) is 3.22. The fourth-order valence-corrected chi connectivity index (χ4v) is 2.68. The molecular formula is C11H15ClN2O3S. The van der Waals surface area contributed by atoms with Gasteiger partial charge in [0.05, 0.1) is 11.4 Å². The van der Waals surface area contributed by atoms with E-state index in [4.69, 9.17) is 11.6 Å². The van der Waals surface area contributed by atoms with E-state index >= 15 is 0 Å². The average molecular weight is 291 g/mol. The summed E-state index contributed by atoms with van der Waals surface area (Å²) >= 11 is 5.90. The van der Waals surface area contributed by atoms with E-state index in [-0.39, 0.29) is 17.3 Å². The smallest absolute Gasteiger partial charge is 0.243 e. The molecule has 7 heteroatoms. The van der Waals surface area contributed by atoms with Gasteiger partial charge >= 0.3 is 0 Å². The highest BCUT2D eigenvalue weighted by Gasteiger charge is 2.22. The van der Waals surface area contributed by atoms with Crippen LogP contribution in [0.5, 0.6) is 0 Å². The molecule has 5 nitrogen and oxygen atoms in total. The van der Waals surface area contributed by atoms with Crippen molar-refractivity contribution in [3.8, 4) is 0 Å². The summed E-state index contributed by atoms with van der Waals surface area (Å²) in [5.74, 6) is -0.376. The molecule has 0 atom stereocenters. The summed E-state index contributed by atoms with van der Waals surface area (Å²) in [7, 11) is -0.900. The lowest BCUT2D eigenvalue weighted by Crippen LogP contribution is -2.36. The van der Waals surface area contributed by atoms with E-state index in [1.165, 1.54) is 26.2 Å². The van der Waals surface area contributed by atoms with E-state index in [0.717, 1.165) is 9.87 Å². The van der Waals surface area contributed by atoms with Crippen molar-refractivity contribution in [1.29, 1.82) is 0 Å². The van der Waals surface area contributed by atoms with Crippen molar-refractivity contribution in [2.75, 3.05) is 20.6 Å². The molecule has 100 valence electrons. The second-order valence-electron chi connectivity index (χ2n) is 3.85. The highest BCUT2D eigenvalue weighted by atomic mass is 35.5. The van der Waals surface area contributed by atoms with Crippen LogP contribution in [0.15, 0.2) is 23.1 Å². The van der Waals surface area contributed by atoms with Gasteiger partial charge in [0.25, 0.3) is 0 Å². The molecule has 1 N–H and O–H groups in total. The molecule has 0 aliphatic rings. The van der Waals surface area contributed by atoms with Crippen molar-refractivity contribution >= 4 is 27.5 Å². The van der Waals surface area contributed by atoms with Gasteiger partial charge in [0.1, 0.15) is 0 Å². The van der Waals surface area contributed by atoms with Crippen molar-refractivity contribution in [2.45, 2.75) is 11.8 Å². The number of amides is 1. The molecule has 1 rings (SSSR count). The van der Waals surface area contributed by atoms with Gasteiger partial charge in [0, 0.05) is 19.1 Å². The third-order valence-corrected chi connectivity index (χ3v) is 4.70. The van der Waals surface area contributed by atoms with Crippen LogP contribution in [0, 0.1) is 6.92 Å². The van der Waals surface area contributed by atoms with Gasteiger partial charge < -0.3 is 5.32 Å². The van der Waals surface area contributed by atoms with Crippen LogP contribution in [-0.4, -0.2) is 39.3 Å². The summed E-state index contributed by atoms with van der Waals surface area (Å²) in [6, 6.07) is 4.48. The molecule has 0 aliphatic heterocycles. The summed E-state index contributed by atoms with van der Waals surface area (Å²) in [5.41, 5.74) is 0.796. The number of likely N-dealkylation sites (N-methyl/N-ethyl adjacent to an activating group) is 2. The number of rotatable bonds is 4. The van der Waals surface area contributed by atoms with Crippen molar-refractivity contribution in [3.63, 3.8) is 0 Å². The van der Waals surface area contributed by atoms with Crippen molar-refractivity contribution in [3.05, 3.63) is 28.8 Å². The highest BCUT2D eigenvalue weighted by Crippen LogP contribution is 2.21. The van der Waals surface area contributed by atoms with Crippen molar-refractivity contribution in [2.24, 2.45) is 0 Å². The van der Waals surface area contributed by atoms with Crippen molar-refractivity contribution in [1.82, 2.24) is 9.62 Å². The van der Waals surface area contributed by atoms with Gasteiger partial charge in [-0.15, -0.1) is 0 Å². The van der Waals surface area contributed by atoms with Crippen LogP contribution in [0.25, 0.3) is 0 Å². The first kappa shape index (κ1) is 14.9. The van der Waals surface area contributed by atoms with Crippen LogP contribution in [0.2, 0.25) is 5.02 Å². The molecule has 0 radical (unpaired) electrons. The summed E-state index contributed by atoms with van der Waals surface area (Å²) in [6.07, 6.45) is 0. The standard InChI is InChI=1S/C11H15ClN2O3S/c1-8-4-5-9(6-10(8)12)18(16,17)14(3)7-11(15)13-2/h4-6H,7H2,1-3H3,(H,13,15).